The number of methoxy groups -OCH3 is 3. The van der Waals surface area contributed by atoms with Crippen LogP contribution < -0.4 is 24.3 Å². The molecule has 0 aromatic heterocycles. The highest BCUT2D eigenvalue weighted by Crippen LogP contribution is 2.56. The second-order valence-corrected chi connectivity index (χ2v) is 8.31. The van der Waals surface area contributed by atoms with Crippen LogP contribution in [0, 0.1) is 0 Å². The maximum absolute atomic E-state index is 13.6. The standard InChI is InChI=1S/C26H23N3O5/c1-31-21-12-11-15(13-23(21)33-3)19-14-20-16-7-6-10-22(32-2)24(16)34-26(29(20)28-19)17-8-4-5-9-18(17)27-25(26)30/h4-13,20H,14H2,1-3H3,(H,27,30)/t20-,26-/m0/s1. The molecule has 3 aromatic rings. The molecular formula is C26H23N3O5. The summed E-state index contributed by atoms with van der Waals surface area (Å²) in [6.07, 6.45) is 0.580. The number of amides is 1. The van der Waals surface area contributed by atoms with Crippen LogP contribution in [0.25, 0.3) is 0 Å². The molecule has 0 aliphatic carbocycles. The number of hydrogen-bond donors (Lipinski definition) is 1. The molecule has 0 bridgehead atoms. The predicted molar refractivity (Wildman–Crippen MR) is 126 cm³/mol. The molecule has 8 heteroatoms. The van der Waals surface area contributed by atoms with E-state index in [2.05, 4.69) is 5.32 Å². The number of hydrogen-bond acceptors (Lipinski definition) is 7. The van der Waals surface area contributed by atoms with Crippen LogP contribution >= 0.6 is 0 Å². The van der Waals surface area contributed by atoms with E-state index in [1.807, 2.05) is 60.7 Å². The summed E-state index contributed by atoms with van der Waals surface area (Å²) in [7, 11) is 4.81. The Labute approximate surface area is 196 Å². The molecule has 0 unspecified atom stereocenters. The van der Waals surface area contributed by atoms with E-state index in [1.165, 1.54) is 0 Å². The number of hydrazone groups is 1. The number of carbonyl (C=O) groups is 1. The summed E-state index contributed by atoms with van der Waals surface area (Å²) in [5.41, 5.74) is 2.61. The van der Waals surface area contributed by atoms with E-state index >= 15 is 0 Å². The molecule has 6 rings (SSSR count). The number of nitrogens with one attached hydrogen (secondary N) is 1. The smallest absolute Gasteiger partial charge is 0.306 e. The van der Waals surface area contributed by atoms with Crippen LogP contribution in [0.4, 0.5) is 5.69 Å². The number of nitrogens with zero attached hydrogens (tertiary/aromatic N) is 2. The van der Waals surface area contributed by atoms with Crippen LogP contribution in [-0.2, 0) is 10.5 Å². The third-order valence-corrected chi connectivity index (χ3v) is 6.64. The van der Waals surface area contributed by atoms with E-state index in [9.17, 15) is 4.79 Å². The van der Waals surface area contributed by atoms with Gasteiger partial charge in [-0.05, 0) is 30.3 Å². The normalized spacial score (nSPS) is 21.7. The molecule has 0 saturated carbocycles. The minimum Gasteiger partial charge on any atom is -0.493 e. The van der Waals surface area contributed by atoms with Crippen molar-refractivity contribution in [2.75, 3.05) is 26.6 Å². The summed E-state index contributed by atoms with van der Waals surface area (Å²) >= 11 is 0. The highest BCUT2D eigenvalue weighted by Gasteiger charge is 2.61. The molecule has 3 aromatic carbocycles. The van der Waals surface area contributed by atoms with E-state index in [-0.39, 0.29) is 11.9 Å². The Kier molecular flexibility index (Phi) is 4.45. The van der Waals surface area contributed by atoms with E-state index in [1.54, 1.807) is 26.3 Å². The molecule has 1 N–H and O–H groups in total. The molecule has 0 saturated heterocycles. The van der Waals surface area contributed by atoms with Crippen molar-refractivity contribution in [3.8, 4) is 23.0 Å². The average Bonchev–Trinajstić information content (AvgIpc) is 3.44. The maximum Gasteiger partial charge on any atom is 0.306 e. The van der Waals surface area contributed by atoms with E-state index in [0.717, 1.165) is 22.4 Å². The second kappa shape index (κ2) is 7.41. The molecule has 3 aliphatic heterocycles. The lowest BCUT2D eigenvalue weighted by atomic mass is 9.92. The molecular weight excluding hydrogens is 434 g/mol. The minimum atomic E-state index is -1.44. The van der Waals surface area contributed by atoms with Gasteiger partial charge in [-0.1, -0.05) is 30.3 Å². The van der Waals surface area contributed by atoms with Crippen molar-refractivity contribution in [3.05, 3.63) is 77.4 Å². The van der Waals surface area contributed by atoms with Gasteiger partial charge in [0.15, 0.2) is 23.0 Å². The molecule has 1 amide bonds. The largest absolute Gasteiger partial charge is 0.493 e. The van der Waals surface area contributed by atoms with Gasteiger partial charge < -0.3 is 24.3 Å². The van der Waals surface area contributed by atoms with E-state index < -0.39 is 5.72 Å². The number of fused-ring (bicyclic) bond motifs is 6. The molecule has 3 aliphatic rings. The minimum absolute atomic E-state index is 0.223. The third-order valence-electron chi connectivity index (χ3n) is 6.64. The fraction of sp³-hybridized carbons (Fsp3) is 0.231. The first-order valence-electron chi connectivity index (χ1n) is 11.0. The topological polar surface area (TPSA) is 81.6 Å². The Bertz CT molecular complexity index is 1350. The lowest BCUT2D eigenvalue weighted by molar-refractivity contribution is -0.161. The first kappa shape index (κ1) is 20.4. The molecule has 2 atom stereocenters. The number of anilines is 1. The monoisotopic (exact) mass is 457 g/mol. The van der Waals surface area contributed by atoms with E-state index in [4.69, 9.17) is 24.0 Å². The quantitative estimate of drug-likeness (QED) is 0.636. The summed E-state index contributed by atoms with van der Waals surface area (Å²) in [4.78, 5) is 13.6. The number of benzene rings is 3. The molecule has 3 heterocycles. The average molecular weight is 457 g/mol. The Hall–Kier alpha value is -4.20. The van der Waals surface area contributed by atoms with Crippen LogP contribution in [0.5, 0.6) is 23.0 Å². The van der Waals surface area contributed by atoms with Gasteiger partial charge in [-0.2, -0.15) is 5.10 Å². The lowest BCUT2D eigenvalue weighted by Gasteiger charge is -2.44. The van der Waals surface area contributed by atoms with Gasteiger partial charge in [0.05, 0.1) is 44.3 Å². The zero-order valence-corrected chi connectivity index (χ0v) is 19.0. The second-order valence-electron chi connectivity index (χ2n) is 8.31. The van der Waals surface area contributed by atoms with Gasteiger partial charge in [0.1, 0.15) is 0 Å². The van der Waals surface area contributed by atoms with Crippen molar-refractivity contribution >= 4 is 17.3 Å². The Morgan fingerprint density at radius 1 is 0.971 bits per heavy atom. The Morgan fingerprint density at radius 2 is 1.76 bits per heavy atom. The summed E-state index contributed by atoms with van der Waals surface area (Å²) in [5.74, 6) is 2.11. The SMILES string of the molecule is COc1ccc(C2=NN3[C@@H](C2)c2cccc(OC)c2O[C@@]32C(=O)Nc3ccccc32)cc1OC. The van der Waals surface area contributed by atoms with Crippen molar-refractivity contribution in [2.24, 2.45) is 5.10 Å². The summed E-state index contributed by atoms with van der Waals surface area (Å²) in [5, 5.41) is 9.75. The van der Waals surface area contributed by atoms with E-state index in [0.29, 0.717) is 35.1 Å². The van der Waals surface area contributed by atoms with Gasteiger partial charge >= 0.3 is 5.72 Å². The van der Waals surface area contributed by atoms with Gasteiger partial charge in [-0.25, -0.2) is 5.01 Å². The van der Waals surface area contributed by atoms with Crippen LogP contribution in [0.3, 0.4) is 0 Å². The molecule has 8 nitrogen and oxygen atoms in total. The van der Waals surface area contributed by atoms with Gasteiger partial charge in [0.2, 0.25) is 0 Å². The number of para-hydroxylation sites is 2. The molecule has 172 valence electrons. The zero-order valence-electron chi connectivity index (χ0n) is 19.0. The van der Waals surface area contributed by atoms with Gasteiger partial charge in [-0.15, -0.1) is 0 Å². The molecule has 0 radical (unpaired) electrons. The van der Waals surface area contributed by atoms with Crippen molar-refractivity contribution in [1.82, 2.24) is 5.01 Å². The van der Waals surface area contributed by atoms with Crippen molar-refractivity contribution in [3.63, 3.8) is 0 Å². The maximum atomic E-state index is 13.6. The Morgan fingerprint density at radius 3 is 2.56 bits per heavy atom. The van der Waals surface area contributed by atoms with Gasteiger partial charge in [0, 0.05) is 17.5 Å². The number of rotatable bonds is 4. The van der Waals surface area contributed by atoms with Crippen LogP contribution in [0.1, 0.15) is 29.2 Å². The number of ether oxygens (including phenoxy) is 4. The van der Waals surface area contributed by atoms with Gasteiger partial charge in [-0.3, -0.25) is 4.79 Å². The number of carbonyl (C=O) groups excluding carboxylic acids is 1. The third kappa shape index (κ3) is 2.65. The predicted octanol–water partition coefficient (Wildman–Crippen LogP) is 4.06. The highest BCUT2D eigenvalue weighted by molar-refractivity contribution is 6.07. The molecule has 1 spiro atoms. The van der Waals surface area contributed by atoms with Crippen LogP contribution in [0.2, 0.25) is 0 Å². The lowest BCUT2D eigenvalue weighted by Crippen LogP contribution is -2.55. The van der Waals surface area contributed by atoms with Gasteiger partial charge in [0.25, 0.3) is 5.91 Å². The van der Waals surface area contributed by atoms with Crippen molar-refractivity contribution in [1.29, 1.82) is 0 Å². The zero-order chi connectivity index (χ0) is 23.4. The fourth-order valence-corrected chi connectivity index (χ4v) is 5.04. The Balaban J connectivity index is 1.55. The summed E-state index contributed by atoms with van der Waals surface area (Å²) in [6.45, 7) is 0. The highest BCUT2D eigenvalue weighted by atomic mass is 16.6. The molecule has 34 heavy (non-hydrogen) atoms. The fourth-order valence-electron chi connectivity index (χ4n) is 5.04. The summed E-state index contributed by atoms with van der Waals surface area (Å²) < 4.78 is 23.1. The van der Waals surface area contributed by atoms with Crippen molar-refractivity contribution < 1.29 is 23.7 Å². The van der Waals surface area contributed by atoms with Crippen LogP contribution in [0.15, 0.2) is 65.8 Å². The summed E-state index contributed by atoms with van der Waals surface area (Å²) in [6, 6.07) is 18.8. The van der Waals surface area contributed by atoms with Crippen LogP contribution in [-0.4, -0.2) is 38.0 Å². The molecule has 0 fully saturated rings. The first-order valence-corrected chi connectivity index (χ1v) is 11.0. The van der Waals surface area contributed by atoms with Crippen molar-refractivity contribution in [2.45, 2.75) is 18.2 Å². The first-order chi connectivity index (χ1) is 16.6.